The van der Waals surface area contributed by atoms with Gasteiger partial charge in [-0.3, -0.25) is 0 Å². The van der Waals surface area contributed by atoms with Crippen molar-refractivity contribution >= 4 is 17.7 Å². The van der Waals surface area contributed by atoms with Gasteiger partial charge in [-0.1, -0.05) is 18.2 Å². The van der Waals surface area contributed by atoms with Gasteiger partial charge in [-0.15, -0.1) is 11.8 Å². The van der Waals surface area contributed by atoms with E-state index in [1.165, 1.54) is 4.90 Å². The minimum absolute atomic E-state index is 0.723. The molecule has 0 aliphatic heterocycles. The molecule has 0 fully saturated rings. The van der Waals surface area contributed by atoms with Crippen molar-refractivity contribution in [2.24, 2.45) is 0 Å². The molecule has 94 valence electrons. The third-order valence-electron chi connectivity index (χ3n) is 2.38. The van der Waals surface area contributed by atoms with Crippen molar-refractivity contribution in [3.8, 4) is 0 Å². The first-order valence-corrected chi connectivity index (χ1v) is 6.96. The predicted octanol–water partition coefficient (Wildman–Crippen LogP) is 3.30. The number of rotatable bonds is 5. The van der Waals surface area contributed by atoms with Crippen LogP contribution < -0.4 is 5.32 Å². The third-order valence-corrected chi connectivity index (χ3v) is 3.39. The molecule has 0 spiro atoms. The number of hydrogen-bond acceptors (Lipinski definition) is 4. The molecule has 1 N–H and O–H groups in total. The van der Waals surface area contributed by atoms with Crippen LogP contribution >= 0.6 is 11.8 Å². The van der Waals surface area contributed by atoms with Gasteiger partial charge in [-0.25, -0.2) is 9.97 Å². The molecule has 2 aromatic rings. The van der Waals surface area contributed by atoms with E-state index in [0.717, 1.165) is 29.6 Å². The maximum Gasteiger partial charge on any atom is 0.223 e. The minimum Gasteiger partial charge on any atom is -0.353 e. The molecule has 0 amide bonds. The number of aryl methyl sites for hydroxylation is 2. The van der Waals surface area contributed by atoms with E-state index in [0.29, 0.717) is 0 Å². The van der Waals surface area contributed by atoms with Crippen LogP contribution in [0.3, 0.4) is 0 Å². The van der Waals surface area contributed by atoms with E-state index >= 15 is 0 Å². The van der Waals surface area contributed by atoms with Crippen LogP contribution in [0.2, 0.25) is 0 Å². The lowest BCUT2D eigenvalue weighted by Crippen LogP contribution is -2.08. The summed E-state index contributed by atoms with van der Waals surface area (Å²) in [5, 5.41) is 3.25. The number of anilines is 1. The molecule has 3 nitrogen and oxygen atoms in total. The Kier molecular flexibility index (Phi) is 4.59. The lowest BCUT2D eigenvalue weighted by atomic mass is 10.4. The van der Waals surface area contributed by atoms with Gasteiger partial charge in [0.25, 0.3) is 0 Å². The molecule has 2 rings (SSSR count). The smallest absolute Gasteiger partial charge is 0.223 e. The minimum atomic E-state index is 0.723. The zero-order chi connectivity index (χ0) is 12.8. The first-order valence-electron chi connectivity index (χ1n) is 5.98. The van der Waals surface area contributed by atoms with E-state index < -0.39 is 0 Å². The molecule has 0 aliphatic carbocycles. The molecule has 0 saturated carbocycles. The van der Waals surface area contributed by atoms with Gasteiger partial charge >= 0.3 is 0 Å². The molecule has 1 aromatic carbocycles. The molecule has 0 aliphatic rings. The Bertz CT molecular complexity index is 479. The highest BCUT2D eigenvalue weighted by Gasteiger charge is 1.98. The van der Waals surface area contributed by atoms with E-state index in [4.69, 9.17) is 0 Å². The van der Waals surface area contributed by atoms with Gasteiger partial charge in [0.15, 0.2) is 0 Å². The first kappa shape index (κ1) is 12.9. The van der Waals surface area contributed by atoms with E-state index in [2.05, 4.69) is 39.6 Å². The Morgan fingerprint density at radius 1 is 1.06 bits per heavy atom. The standard InChI is InChI=1S/C14H17N3S/c1-11-10-12(2)17-14(16-11)15-8-9-18-13-6-4-3-5-7-13/h3-7,10H,8-9H2,1-2H3,(H,15,16,17). The molecule has 0 saturated heterocycles. The molecule has 0 atom stereocenters. The number of benzene rings is 1. The van der Waals surface area contributed by atoms with E-state index in [1.54, 1.807) is 0 Å². The maximum absolute atomic E-state index is 4.35. The predicted molar refractivity (Wildman–Crippen MR) is 77.2 cm³/mol. The Labute approximate surface area is 112 Å². The van der Waals surface area contributed by atoms with Crippen LogP contribution in [0.5, 0.6) is 0 Å². The summed E-state index contributed by atoms with van der Waals surface area (Å²) >= 11 is 1.83. The van der Waals surface area contributed by atoms with Crippen molar-refractivity contribution in [2.45, 2.75) is 18.7 Å². The van der Waals surface area contributed by atoms with E-state index in [-0.39, 0.29) is 0 Å². The summed E-state index contributed by atoms with van der Waals surface area (Å²) in [4.78, 5) is 9.99. The van der Waals surface area contributed by atoms with Crippen LogP contribution in [0.25, 0.3) is 0 Å². The van der Waals surface area contributed by atoms with Gasteiger partial charge in [-0.2, -0.15) is 0 Å². The SMILES string of the molecule is Cc1cc(C)nc(NCCSc2ccccc2)n1. The van der Waals surface area contributed by atoms with Gasteiger partial charge in [0.1, 0.15) is 0 Å². The summed E-state index contributed by atoms with van der Waals surface area (Å²) in [6.07, 6.45) is 0. The van der Waals surface area contributed by atoms with Crippen LogP contribution in [0.1, 0.15) is 11.4 Å². The summed E-state index contributed by atoms with van der Waals surface area (Å²) in [5.41, 5.74) is 2.00. The summed E-state index contributed by atoms with van der Waals surface area (Å²) in [5.74, 6) is 1.72. The fourth-order valence-corrected chi connectivity index (χ4v) is 2.44. The van der Waals surface area contributed by atoms with Crippen LogP contribution in [0.15, 0.2) is 41.3 Å². The lowest BCUT2D eigenvalue weighted by Gasteiger charge is -2.06. The topological polar surface area (TPSA) is 37.8 Å². The highest BCUT2D eigenvalue weighted by Crippen LogP contribution is 2.16. The second-order valence-electron chi connectivity index (χ2n) is 4.06. The number of hydrogen-bond donors (Lipinski definition) is 1. The molecule has 0 unspecified atom stereocenters. The zero-order valence-electron chi connectivity index (χ0n) is 10.7. The molecular formula is C14H17N3S. The fraction of sp³-hybridized carbons (Fsp3) is 0.286. The molecule has 4 heteroatoms. The van der Waals surface area contributed by atoms with Gasteiger partial charge in [0.2, 0.25) is 5.95 Å². The summed E-state index contributed by atoms with van der Waals surface area (Å²) < 4.78 is 0. The van der Waals surface area contributed by atoms with Gasteiger partial charge in [-0.05, 0) is 32.0 Å². The summed E-state index contributed by atoms with van der Waals surface area (Å²) in [6, 6.07) is 12.4. The van der Waals surface area contributed by atoms with Gasteiger partial charge in [0.05, 0.1) is 0 Å². The molecule has 1 heterocycles. The van der Waals surface area contributed by atoms with Gasteiger partial charge < -0.3 is 5.32 Å². The normalized spacial score (nSPS) is 10.3. The van der Waals surface area contributed by atoms with Crippen molar-refractivity contribution in [1.29, 1.82) is 0 Å². The Morgan fingerprint density at radius 2 is 1.72 bits per heavy atom. The Balaban J connectivity index is 1.78. The van der Waals surface area contributed by atoms with Crippen molar-refractivity contribution in [3.63, 3.8) is 0 Å². The second-order valence-corrected chi connectivity index (χ2v) is 5.23. The Hall–Kier alpha value is -1.55. The largest absolute Gasteiger partial charge is 0.353 e. The highest BCUT2D eigenvalue weighted by molar-refractivity contribution is 7.99. The van der Waals surface area contributed by atoms with Crippen molar-refractivity contribution in [3.05, 3.63) is 47.8 Å². The highest BCUT2D eigenvalue weighted by atomic mass is 32.2. The average molecular weight is 259 g/mol. The molecule has 1 aromatic heterocycles. The van der Waals surface area contributed by atoms with Crippen LogP contribution in [-0.4, -0.2) is 22.3 Å². The second kappa shape index (κ2) is 6.40. The third kappa shape index (κ3) is 4.04. The molecular weight excluding hydrogens is 242 g/mol. The van der Waals surface area contributed by atoms with E-state index in [9.17, 15) is 0 Å². The lowest BCUT2D eigenvalue weighted by molar-refractivity contribution is 1.02. The van der Waals surface area contributed by atoms with Crippen LogP contribution in [0.4, 0.5) is 5.95 Å². The average Bonchev–Trinajstić information content (AvgIpc) is 2.35. The Morgan fingerprint density at radius 3 is 2.39 bits per heavy atom. The number of aromatic nitrogens is 2. The first-order chi connectivity index (χ1) is 8.74. The fourth-order valence-electron chi connectivity index (χ4n) is 1.65. The molecule has 0 bridgehead atoms. The quantitative estimate of drug-likeness (QED) is 0.660. The maximum atomic E-state index is 4.35. The summed E-state index contributed by atoms with van der Waals surface area (Å²) in [7, 11) is 0. The van der Waals surface area contributed by atoms with Crippen molar-refractivity contribution in [2.75, 3.05) is 17.6 Å². The summed E-state index contributed by atoms with van der Waals surface area (Å²) in [6.45, 7) is 4.83. The van der Waals surface area contributed by atoms with Gasteiger partial charge in [0, 0.05) is 28.6 Å². The monoisotopic (exact) mass is 259 g/mol. The van der Waals surface area contributed by atoms with Crippen LogP contribution in [-0.2, 0) is 0 Å². The van der Waals surface area contributed by atoms with Crippen LogP contribution in [0, 0.1) is 13.8 Å². The number of nitrogens with one attached hydrogen (secondary N) is 1. The zero-order valence-corrected chi connectivity index (χ0v) is 11.5. The molecule has 18 heavy (non-hydrogen) atoms. The van der Waals surface area contributed by atoms with Crippen molar-refractivity contribution < 1.29 is 0 Å². The van der Waals surface area contributed by atoms with E-state index in [1.807, 2.05) is 37.7 Å². The number of thioether (sulfide) groups is 1. The van der Waals surface area contributed by atoms with Crippen molar-refractivity contribution in [1.82, 2.24) is 9.97 Å². The number of nitrogens with zero attached hydrogens (tertiary/aromatic N) is 2. The molecule has 0 radical (unpaired) electrons.